The van der Waals surface area contributed by atoms with Crippen molar-refractivity contribution in [2.75, 3.05) is 6.61 Å². The van der Waals surface area contributed by atoms with Crippen LogP contribution in [0.3, 0.4) is 0 Å². The van der Waals surface area contributed by atoms with Crippen LogP contribution in [0.1, 0.15) is 109 Å². The SMILES string of the molecule is CC=CCCC1CCC(C2CC=C(c3ccc(-c4ccc(-c5ccc(OCCCCCCC)c(F)c5F)cc4)c(F)c3)CC2)CC1. The highest BCUT2D eigenvalue weighted by Gasteiger charge is 2.28. The van der Waals surface area contributed by atoms with Crippen molar-refractivity contribution < 1.29 is 17.9 Å². The number of rotatable bonds is 14. The van der Waals surface area contributed by atoms with Crippen LogP contribution in [-0.4, -0.2) is 6.61 Å². The Bertz CT molecular complexity index is 1460. The van der Waals surface area contributed by atoms with E-state index in [0.717, 1.165) is 61.8 Å². The lowest BCUT2D eigenvalue weighted by atomic mass is 9.70. The monoisotopic (exact) mass is 628 g/mol. The highest BCUT2D eigenvalue weighted by molar-refractivity contribution is 5.74. The Balaban J connectivity index is 1.17. The van der Waals surface area contributed by atoms with Crippen LogP contribution in [0.25, 0.3) is 27.8 Å². The summed E-state index contributed by atoms with van der Waals surface area (Å²) in [4.78, 5) is 0. The summed E-state index contributed by atoms with van der Waals surface area (Å²) < 4.78 is 50.7. The number of halogens is 3. The predicted octanol–water partition coefficient (Wildman–Crippen LogP) is 13.1. The number of hydrogen-bond donors (Lipinski definition) is 0. The summed E-state index contributed by atoms with van der Waals surface area (Å²) in [5.41, 5.74) is 4.12. The molecule has 2 aliphatic rings. The van der Waals surface area contributed by atoms with Crippen molar-refractivity contribution in [3.63, 3.8) is 0 Å². The molecule has 3 aromatic carbocycles. The van der Waals surface area contributed by atoms with E-state index < -0.39 is 11.6 Å². The number of allylic oxidation sites excluding steroid dienone is 4. The normalized spacial score (nSPS) is 20.2. The summed E-state index contributed by atoms with van der Waals surface area (Å²) in [7, 11) is 0. The van der Waals surface area contributed by atoms with Crippen LogP contribution in [-0.2, 0) is 0 Å². The molecule has 1 atom stereocenters. The molecule has 246 valence electrons. The van der Waals surface area contributed by atoms with E-state index in [2.05, 4.69) is 32.1 Å². The largest absolute Gasteiger partial charge is 0.490 e. The van der Waals surface area contributed by atoms with E-state index in [4.69, 9.17) is 4.74 Å². The van der Waals surface area contributed by atoms with Gasteiger partial charge in [0.15, 0.2) is 11.6 Å². The third-order valence-electron chi connectivity index (χ3n) is 10.4. The van der Waals surface area contributed by atoms with Crippen molar-refractivity contribution in [3.05, 3.63) is 95.8 Å². The predicted molar refractivity (Wildman–Crippen MR) is 186 cm³/mol. The molecule has 46 heavy (non-hydrogen) atoms. The van der Waals surface area contributed by atoms with Crippen molar-refractivity contribution in [3.8, 4) is 28.0 Å². The van der Waals surface area contributed by atoms with E-state index in [-0.39, 0.29) is 17.1 Å². The molecule has 0 saturated heterocycles. The Hall–Kier alpha value is -3.27. The molecule has 0 bridgehead atoms. The molecule has 0 aliphatic heterocycles. The van der Waals surface area contributed by atoms with Gasteiger partial charge in [-0.1, -0.05) is 100 Å². The first kappa shape index (κ1) is 34.1. The Labute approximate surface area is 275 Å². The van der Waals surface area contributed by atoms with Gasteiger partial charge in [-0.3, -0.25) is 0 Å². The topological polar surface area (TPSA) is 9.23 Å². The fourth-order valence-corrected chi connectivity index (χ4v) is 7.52. The number of unbranched alkanes of at least 4 members (excludes halogenated alkanes) is 4. The fourth-order valence-electron chi connectivity index (χ4n) is 7.52. The lowest BCUT2D eigenvalue weighted by molar-refractivity contribution is 0.190. The van der Waals surface area contributed by atoms with Gasteiger partial charge in [0.05, 0.1) is 6.61 Å². The standard InChI is InChI=1S/C42H51F3O/c1-3-5-7-8-10-28-46-40-27-26-38(41(44)42(40)45)35-22-20-34(21-23-35)37-25-24-36(29-39(37)43)33-18-16-32(17-19-33)31-14-12-30(13-15-31)11-9-6-4-2/h4,6,18,20-27,29-32H,3,5,7-17,19,28H2,1-2H3. The first-order valence-electron chi connectivity index (χ1n) is 17.8. The van der Waals surface area contributed by atoms with Crippen molar-refractivity contribution in [1.82, 2.24) is 0 Å². The Morgan fingerprint density at radius 2 is 1.43 bits per heavy atom. The minimum Gasteiger partial charge on any atom is -0.490 e. The van der Waals surface area contributed by atoms with Crippen LogP contribution >= 0.6 is 0 Å². The molecule has 4 heteroatoms. The van der Waals surface area contributed by atoms with Gasteiger partial charge in [-0.25, -0.2) is 8.78 Å². The molecule has 0 amide bonds. The minimum absolute atomic E-state index is 0.0579. The molecule has 0 radical (unpaired) electrons. The van der Waals surface area contributed by atoms with Gasteiger partial charge in [0.2, 0.25) is 5.82 Å². The molecule has 0 spiro atoms. The number of ether oxygens (including phenoxy) is 1. The second-order valence-electron chi connectivity index (χ2n) is 13.5. The Morgan fingerprint density at radius 1 is 0.739 bits per heavy atom. The number of hydrogen-bond acceptors (Lipinski definition) is 1. The highest BCUT2D eigenvalue weighted by atomic mass is 19.2. The zero-order valence-corrected chi connectivity index (χ0v) is 27.8. The quantitative estimate of drug-likeness (QED) is 0.127. The summed E-state index contributed by atoms with van der Waals surface area (Å²) >= 11 is 0. The van der Waals surface area contributed by atoms with Gasteiger partial charge < -0.3 is 4.74 Å². The molecular weight excluding hydrogens is 577 g/mol. The van der Waals surface area contributed by atoms with Crippen molar-refractivity contribution >= 4 is 5.57 Å². The maximum absolute atomic E-state index is 15.4. The molecule has 2 aliphatic carbocycles. The van der Waals surface area contributed by atoms with Gasteiger partial charge in [0.1, 0.15) is 5.82 Å². The average Bonchev–Trinajstić information content (AvgIpc) is 3.09. The van der Waals surface area contributed by atoms with Gasteiger partial charge in [-0.15, -0.1) is 0 Å². The van der Waals surface area contributed by atoms with E-state index >= 15 is 8.78 Å². The van der Waals surface area contributed by atoms with Crippen molar-refractivity contribution in [2.24, 2.45) is 17.8 Å². The summed E-state index contributed by atoms with van der Waals surface area (Å²) in [5, 5.41) is 0. The van der Waals surface area contributed by atoms with Crippen LogP contribution < -0.4 is 4.74 Å². The molecule has 0 aromatic heterocycles. The molecule has 1 nitrogen and oxygen atoms in total. The summed E-state index contributed by atoms with van der Waals surface area (Å²) in [5.74, 6) is 0.260. The van der Waals surface area contributed by atoms with Crippen LogP contribution in [0.5, 0.6) is 5.75 Å². The summed E-state index contributed by atoms with van der Waals surface area (Å²) in [6.45, 7) is 4.63. The molecule has 3 aromatic rings. The Kier molecular flexibility index (Phi) is 12.6. The van der Waals surface area contributed by atoms with Gasteiger partial charge >= 0.3 is 0 Å². The van der Waals surface area contributed by atoms with Gasteiger partial charge in [-0.05, 0) is 117 Å². The first-order chi connectivity index (χ1) is 22.5. The third kappa shape index (κ3) is 8.75. The molecular formula is C42H51F3O. The lowest BCUT2D eigenvalue weighted by Gasteiger charge is -2.35. The second-order valence-corrected chi connectivity index (χ2v) is 13.5. The molecule has 0 N–H and O–H groups in total. The van der Waals surface area contributed by atoms with Crippen LogP contribution in [0.4, 0.5) is 13.2 Å². The second kappa shape index (κ2) is 17.0. The zero-order chi connectivity index (χ0) is 32.3. The van der Waals surface area contributed by atoms with Gasteiger partial charge in [-0.2, -0.15) is 4.39 Å². The summed E-state index contributed by atoms with van der Waals surface area (Å²) in [6, 6.07) is 15.5. The van der Waals surface area contributed by atoms with E-state index in [1.54, 1.807) is 36.4 Å². The molecule has 1 saturated carbocycles. The maximum atomic E-state index is 15.4. The Morgan fingerprint density at radius 3 is 2.11 bits per heavy atom. The van der Waals surface area contributed by atoms with Gasteiger partial charge in [0.25, 0.3) is 0 Å². The van der Waals surface area contributed by atoms with Crippen molar-refractivity contribution in [1.29, 1.82) is 0 Å². The van der Waals surface area contributed by atoms with Gasteiger partial charge in [0, 0.05) is 11.1 Å². The first-order valence-corrected chi connectivity index (χ1v) is 17.8. The molecule has 1 unspecified atom stereocenters. The smallest absolute Gasteiger partial charge is 0.201 e. The number of benzene rings is 3. The maximum Gasteiger partial charge on any atom is 0.201 e. The van der Waals surface area contributed by atoms with E-state index in [1.807, 2.05) is 12.1 Å². The van der Waals surface area contributed by atoms with E-state index in [0.29, 0.717) is 23.3 Å². The molecule has 1 fully saturated rings. The van der Waals surface area contributed by atoms with Crippen molar-refractivity contribution in [2.45, 2.75) is 104 Å². The minimum atomic E-state index is -0.969. The fraction of sp³-hybridized carbons (Fsp3) is 0.476. The lowest BCUT2D eigenvalue weighted by Crippen LogP contribution is -2.23. The summed E-state index contributed by atoms with van der Waals surface area (Å²) in [6.07, 6.45) is 23.4. The van der Waals surface area contributed by atoms with Crippen LogP contribution in [0, 0.1) is 35.2 Å². The molecule has 5 rings (SSSR count). The van der Waals surface area contributed by atoms with E-state index in [9.17, 15) is 4.39 Å². The third-order valence-corrected chi connectivity index (χ3v) is 10.4. The average molecular weight is 629 g/mol. The highest BCUT2D eigenvalue weighted by Crippen LogP contribution is 2.42. The van der Waals surface area contributed by atoms with E-state index in [1.165, 1.54) is 63.0 Å². The zero-order valence-electron chi connectivity index (χ0n) is 27.8. The van der Waals surface area contributed by atoms with Crippen LogP contribution in [0.15, 0.2) is 72.8 Å². The molecule has 0 heterocycles. The van der Waals surface area contributed by atoms with Crippen LogP contribution in [0.2, 0.25) is 0 Å².